The first-order valence-corrected chi connectivity index (χ1v) is 8.65. The molecular formula is C18H31IN4O2. The van der Waals surface area contributed by atoms with Crippen molar-refractivity contribution in [3.63, 3.8) is 0 Å². The first kappa shape index (κ1) is 22.0. The molecule has 0 spiro atoms. The Morgan fingerprint density at radius 1 is 1.32 bits per heavy atom. The van der Waals surface area contributed by atoms with Crippen molar-refractivity contribution in [2.75, 3.05) is 40.5 Å². The number of rotatable bonds is 6. The maximum atomic E-state index is 5.69. The second-order valence-corrected chi connectivity index (χ2v) is 6.56. The zero-order valence-electron chi connectivity index (χ0n) is 15.7. The summed E-state index contributed by atoms with van der Waals surface area (Å²) in [6.07, 6.45) is 3.03. The summed E-state index contributed by atoms with van der Waals surface area (Å²) in [5, 5.41) is 3.45. The number of guanidine groups is 1. The Balaban J connectivity index is 0.00000312. The minimum absolute atomic E-state index is 0. The number of aliphatic imine (C=N–C) groups is 1. The molecule has 1 aliphatic rings. The molecule has 1 aliphatic heterocycles. The summed E-state index contributed by atoms with van der Waals surface area (Å²) < 4.78 is 10.7. The minimum Gasteiger partial charge on any atom is -0.475 e. The zero-order chi connectivity index (χ0) is 17.4. The van der Waals surface area contributed by atoms with Crippen LogP contribution in [0.5, 0.6) is 5.88 Å². The largest absolute Gasteiger partial charge is 0.475 e. The Kier molecular flexibility index (Phi) is 10.1. The number of piperidine rings is 1. The highest BCUT2D eigenvalue weighted by Crippen LogP contribution is 2.21. The molecule has 0 bridgehead atoms. The van der Waals surface area contributed by atoms with Gasteiger partial charge in [-0.1, -0.05) is 19.9 Å². The molecule has 1 saturated heterocycles. The van der Waals surface area contributed by atoms with E-state index in [1.165, 1.54) is 6.42 Å². The predicted octanol–water partition coefficient (Wildman–Crippen LogP) is 2.78. The van der Waals surface area contributed by atoms with Crippen LogP contribution in [0.1, 0.15) is 25.8 Å². The molecular weight excluding hydrogens is 431 g/mol. The fourth-order valence-electron chi connectivity index (χ4n) is 3.25. The van der Waals surface area contributed by atoms with Crippen molar-refractivity contribution in [3.05, 3.63) is 23.9 Å². The van der Waals surface area contributed by atoms with Crippen molar-refractivity contribution in [1.29, 1.82) is 0 Å². The predicted molar refractivity (Wildman–Crippen MR) is 112 cm³/mol. The summed E-state index contributed by atoms with van der Waals surface area (Å²) in [6, 6.07) is 3.95. The number of ether oxygens (including phenoxy) is 2. The maximum Gasteiger partial charge on any atom is 0.218 e. The third kappa shape index (κ3) is 6.97. The van der Waals surface area contributed by atoms with Gasteiger partial charge in [-0.3, -0.25) is 4.99 Å². The third-order valence-electron chi connectivity index (χ3n) is 4.19. The number of hydrogen-bond donors (Lipinski definition) is 1. The lowest BCUT2D eigenvalue weighted by molar-refractivity contribution is 0.143. The lowest BCUT2D eigenvalue weighted by Gasteiger charge is -2.37. The van der Waals surface area contributed by atoms with Crippen molar-refractivity contribution in [1.82, 2.24) is 15.2 Å². The van der Waals surface area contributed by atoms with Crippen LogP contribution in [0.3, 0.4) is 0 Å². The van der Waals surface area contributed by atoms with E-state index in [-0.39, 0.29) is 24.0 Å². The van der Waals surface area contributed by atoms with Gasteiger partial charge in [0, 0.05) is 45.6 Å². The lowest BCUT2D eigenvalue weighted by atomic mass is 9.92. The summed E-state index contributed by atoms with van der Waals surface area (Å²) >= 11 is 0. The molecule has 0 aliphatic carbocycles. The van der Waals surface area contributed by atoms with Crippen LogP contribution in [0, 0.1) is 11.8 Å². The van der Waals surface area contributed by atoms with Crippen LogP contribution in [0.2, 0.25) is 0 Å². The van der Waals surface area contributed by atoms with Crippen LogP contribution in [-0.2, 0) is 11.3 Å². The van der Waals surface area contributed by atoms with Crippen molar-refractivity contribution >= 4 is 29.9 Å². The number of nitrogens with zero attached hydrogens (tertiary/aromatic N) is 3. The molecule has 2 atom stereocenters. The SMILES string of the molecule is CN=C(NCc1cccnc1OCCOC)N1CC(C)CC(C)C1.I. The van der Waals surface area contributed by atoms with Crippen molar-refractivity contribution in [2.45, 2.75) is 26.8 Å². The molecule has 6 nitrogen and oxygen atoms in total. The van der Waals surface area contributed by atoms with Crippen LogP contribution < -0.4 is 10.1 Å². The van der Waals surface area contributed by atoms with Gasteiger partial charge in [-0.05, 0) is 24.3 Å². The number of aromatic nitrogens is 1. The van der Waals surface area contributed by atoms with Crippen LogP contribution in [-0.4, -0.2) is 56.3 Å². The van der Waals surface area contributed by atoms with Gasteiger partial charge in [-0.25, -0.2) is 4.98 Å². The average Bonchev–Trinajstić information content (AvgIpc) is 2.56. The minimum atomic E-state index is 0. The normalized spacial score (nSPS) is 20.8. The first-order valence-electron chi connectivity index (χ1n) is 8.65. The van der Waals surface area contributed by atoms with Gasteiger partial charge in [0.05, 0.1) is 6.61 Å². The van der Waals surface area contributed by atoms with E-state index in [0.29, 0.717) is 37.5 Å². The van der Waals surface area contributed by atoms with E-state index in [9.17, 15) is 0 Å². The molecule has 0 radical (unpaired) electrons. The van der Waals surface area contributed by atoms with E-state index >= 15 is 0 Å². The second-order valence-electron chi connectivity index (χ2n) is 6.56. The molecule has 142 valence electrons. The third-order valence-corrected chi connectivity index (χ3v) is 4.19. The first-order chi connectivity index (χ1) is 11.6. The maximum absolute atomic E-state index is 5.69. The van der Waals surface area contributed by atoms with E-state index in [1.54, 1.807) is 13.3 Å². The molecule has 0 amide bonds. The summed E-state index contributed by atoms with van der Waals surface area (Å²) in [7, 11) is 3.50. The van der Waals surface area contributed by atoms with Gasteiger partial charge in [0.15, 0.2) is 5.96 Å². The highest BCUT2D eigenvalue weighted by Gasteiger charge is 2.24. The molecule has 1 aromatic heterocycles. The highest BCUT2D eigenvalue weighted by atomic mass is 127. The van der Waals surface area contributed by atoms with Gasteiger partial charge >= 0.3 is 0 Å². The summed E-state index contributed by atoms with van der Waals surface area (Å²) in [5.41, 5.74) is 1.02. The molecule has 7 heteroatoms. The summed E-state index contributed by atoms with van der Waals surface area (Å²) in [5.74, 6) is 2.98. The fraction of sp³-hybridized carbons (Fsp3) is 0.667. The molecule has 0 aromatic carbocycles. The van der Waals surface area contributed by atoms with E-state index in [0.717, 1.165) is 24.6 Å². The van der Waals surface area contributed by atoms with Crippen molar-refractivity contribution in [2.24, 2.45) is 16.8 Å². The van der Waals surface area contributed by atoms with Crippen molar-refractivity contribution < 1.29 is 9.47 Å². The van der Waals surface area contributed by atoms with Gasteiger partial charge in [0.25, 0.3) is 0 Å². The number of likely N-dealkylation sites (tertiary alicyclic amines) is 1. The number of nitrogens with one attached hydrogen (secondary N) is 1. The molecule has 0 saturated carbocycles. The highest BCUT2D eigenvalue weighted by molar-refractivity contribution is 14.0. The van der Waals surface area contributed by atoms with E-state index in [4.69, 9.17) is 9.47 Å². The molecule has 2 rings (SSSR count). The van der Waals surface area contributed by atoms with Gasteiger partial charge in [0.1, 0.15) is 6.61 Å². The number of hydrogen-bond acceptors (Lipinski definition) is 4. The average molecular weight is 462 g/mol. The second kappa shape index (κ2) is 11.5. The van der Waals surface area contributed by atoms with Gasteiger partial charge < -0.3 is 19.7 Å². The molecule has 2 unspecified atom stereocenters. The Morgan fingerprint density at radius 3 is 2.68 bits per heavy atom. The molecule has 2 heterocycles. The smallest absolute Gasteiger partial charge is 0.218 e. The number of pyridine rings is 1. The molecule has 1 fully saturated rings. The van der Waals surface area contributed by atoms with Crippen LogP contribution in [0.15, 0.2) is 23.3 Å². The standard InChI is InChI=1S/C18H30N4O2.HI/c1-14-10-15(2)13-22(12-14)18(19-3)21-11-16-6-5-7-20-17(16)24-9-8-23-4;/h5-7,14-15H,8-13H2,1-4H3,(H,19,21);1H. The summed E-state index contributed by atoms with van der Waals surface area (Å²) in [6.45, 7) is 8.40. The zero-order valence-corrected chi connectivity index (χ0v) is 18.0. The van der Waals surface area contributed by atoms with Crippen LogP contribution in [0.25, 0.3) is 0 Å². The Morgan fingerprint density at radius 2 is 2.04 bits per heavy atom. The van der Waals surface area contributed by atoms with Gasteiger partial charge in [-0.2, -0.15) is 0 Å². The van der Waals surface area contributed by atoms with Crippen LogP contribution in [0.4, 0.5) is 0 Å². The topological polar surface area (TPSA) is 59.0 Å². The number of methoxy groups -OCH3 is 1. The van der Waals surface area contributed by atoms with Crippen molar-refractivity contribution in [3.8, 4) is 5.88 Å². The van der Waals surface area contributed by atoms with E-state index in [2.05, 4.69) is 34.0 Å². The Bertz CT molecular complexity index is 532. The number of halogens is 1. The molecule has 25 heavy (non-hydrogen) atoms. The lowest BCUT2D eigenvalue weighted by Crippen LogP contribution is -2.48. The monoisotopic (exact) mass is 462 g/mol. The molecule has 1 aromatic rings. The Hall–Kier alpha value is -1.09. The van der Waals surface area contributed by atoms with Crippen LogP contribution >= 0.6 is 24.0 Å². The Labute approximate surface area is 168 Å². The van der Waals surface area contributed by atoms with Gasteiger partial charge in [-0.15, -0.1) is 24.0 Å². The van der Waals surface area contributed by atoms with Gasteiger partial charge in [0.2, 0.25) is 5.88 Å². The fourth-order valence-corrected chi connectivity index (χ4v) is 3.25. The quantitative estimate of drug-likeness (QED) is 0.305. The van der Waals surface area contributed by atoms with E-state index in [1.807, 2.05) is 19.2 Å². The summed E-state index contributed by atoms with van der Waals surface area (Å²) in [4.78, 5) is 11.1. The van der Waals surface area contributed by atoms with E-state index < -0.39 is 0 Å². The molecule has 1 N–H and O–H groups in total.